The fraction of sp³-hybridized carbons (Fsp3) is 0.500. The average molecular weight is 261 g/mol. The lowest BCUT2D eigenvalue weighted by molar-refractivity contribution is 0.259. The molecule has 0 bridgehead atoms. The summed E-state index contributed by atoms with van der Waals surface area (Å²) in [6, 6.07) is 10.0. The highest BCUT2D eigenvalue weighted by molar-refractivity contribution is 7.80. The van der Waals surface area contributed by atoms with E-state index in [4.69, 9.17) is 5.26 Å². The van der Waals surface area contributed by atoms with Gasteiger partial charge in [0.1, 0.15) is 0 Å². The predicted molar refractivity (Wildman–Crippen MR) is 78.3 cm³/mol. The first-order chi connectivity index (χ1) is 8.83. The topological polar surface area (TPSA) is 30.3 Å². The van der Waals surface area contributed by atoms with E-state index < -0.39 is 0 Å². The molecule has 18 heavy (non-hydrogen) atoms. The number of benzene rings is 1. The monoisotopic (exact) mass is 261 g/mol. The van der Waals surface area contributed by atoms with Crippen LogP contribution in [0.2, 0.25) is 0 Å². The molecule has 1 saturated heterocycles. The summed E-state index contributed by atoms with van der Waals surface area (Å²) in [6.45, 7) is 5.53. The van der Waals surface area contributed by atoms with Gasteiger partial charge >= 0.3 is 0 Å². The lowest BCUT2D eigenvalue weighted by Gasteiger charge is -2.36. The van der Waals surface area contributed by atoms with Gasteiger partial charge in [-0.25, -0.2) is 0 Å². The van der Waals surface area contributed by atoms with Crippen LogP contribution in [0.1, 0.15) is 12.0 Å². The number of nitrogens with zero attached hydrogens (tertiary/aromatic N) is 3. The molecule has 0 unspecified atom stereocenters. The van der Waals surface area contributed by atoms with Crippen molar-refractivity contribution in [3.05, 3.63) is 29.8 Å². The fourth-order valence-corrected chi connectivity index (χ4v) is 2.41. The smallest absolute Gasteiger partial charge is 0.0991 e. The number of piperazine rings is 1. The van der Waals surface area contributed by atoms with E-state index in [9.17, 15) is 0 Å². The molecule has 4 heteroatoms. The minimum absolute atomic E-state index is 0.728. The van der Waals surface area contributed by atoms with E-state index in [2.05, 4.69) is 28.5 Å². The van der Waals surface area contributed by atoms with E-state index >= 15 is 0 Å². The summed E-state index contributed by atoms with van der Waals surface area (Å²) in [4.78, 5) is 4.88. The standard InChI is InChI=1S/C14H19N3S/c15-12-13-2-4-14(5-3-13)17-9-7-16(8-10-17)6-1-11-18/h2-5,18H,1,6-11H2. The van der Waals surface area contributed by atoms with E-state index in [1.165, 1.54) is 12.1 Å². The Labute approximate surface area is 114 Å². The Kier molecular flexibility index (Phi) is 4.91. The SMILES string of the molecule is N#Cc1ccc(N2CCN(CCCS)CC2)cc1. The maximum Gasteiger partial charge on any atom is 0.0991 e. The fourth-order valence-electron chi connectivity index (χ4n) is 2.27. The van der Waals surface area contributed by atoms with Gasteiger partial charge in [-0.2, -0.15) is 17.9 Å². The van der Waals surface area contributed by atoms with Gasteiger partial charge in [0, 0.05) is 31.9 Å². The molecule has 0 N–H and O–H groups in total. The molecule has 0 atom stereocenters. The highest BCUT2D eigenvalue weighted by Gasteiger charge is 2.16. The van der Waals surface area contributed by atoms with Crippen molar-refractivity contribution < 1.29 is 0 Å². The Morgan fingerprint density at radius 3 is 2.33 bits per heavy atom. The van der Waals surface area contributed by atoms with E-state index in [1.807, 2.05) is 24.3 Å². The second kappa shape index (κ2) is 6.67. The molecule has 3 nitrogen and oxygen atoms in total. The zero-order valence-electron chi connectivity index (χ0n) is 10.5. The van der Waals surface area contributed by atoms with Crippen molar-refractivity contribution in [1.82, 2.24) is 4.90 Å². The largest absolute Gasteiger partial charge is 0.369 e. The van der Waals surface area contributed by atoms with Gasteiger partial charge < -0.3 is 4.90 Å². The van der Waals surface area contributed by atoms with Gasteiger partial charge in [-0.15, -0.1) is 0 Å². The predicted octanol–water partition coefficient (Wildman–Crippen LogP) is 2.00. The molecule has 2 rings (SSSR count). The van der Waals surface area contributed by atoms with Crippen LogP contribution >= 0.6 is 12.6 Å². The molecule has 0 spiro atoms. The first-order valence-electron chi connectivity index (χ1n) is 6.42. The van der Waals surface area contributed by atoms with Crippen LogP contribution in [0.15, 0.2) is 24.3 Å². The van der Waals surface area contributed by atoms with Gasteiger partial charge in [0.15, 0.2) is 0 Å². The van der Waals surface area contributed by atoms with Crippen LogP contribution in [-0.4, -0.2) is 43.4 Å². The summed E-state index contributed by atoms with van der Waals surface area (Å²) >= 11 is 4.25. The molecular weight excluding hydrogens is 242 g/mol. The van der Waals surface area contributed by atoms with Crippen LogP contribution in [0.4, 0.5) is 5.69 Å². The first kappa shape index (κ1) is 13.3. The van der Waals surface area contributed by atoms with Crippen molar-refractivity contribution >= 4 is 18.3 Å². The van der Waals surface area contributed by atoms with Gasteiger partial charge in [-0.05, 0) is 43.0 Å². The Morgan fingerprint density at radius 2 is 1.78 bits per heavy atom. The number of thiol groups is 1. The molecule has 1 aliphatic rings. The Balaban J connectivity index is 1.87. The highest BCUT2D eigenvalue weighted by atomic mass is 32.1. The van der Waals surface area contributed by atoms with Crippen molar-refractivity contribution in [2.24, 2.45) is 0 Å². The van der Waals surface area contributed by atoms with Crippen LogP contribution in [-0.2, 0) is 0 Å². The summed E-state index contributed by atoms with van der Waals surface area (Å²) in [6.07, 6.45) is 1.17. The second-order valence-electron chi connectivity index (χ2n) is 4.56. The average Bonchev–Trinajstić information content (AvgIpc) is 2.46. The van der Waals surface area contributed by atoms with Crippen molar-refractivity contribution in [3.8, 4) is 6.07 Å². The van der Waals surface area contributed by atoms with E-state index in [1.54, 1.807) is 0 Å². The number of rotatable bonds is 4. The minimum Gasteiger partial charge on any atom is -0.369 e. The quantitative estimate of drug-likeness (QED) is 0.841. The first-order valence-corrected chi connectivity index (χ1v) is 7.05. The molecule has 0 amide bonds. The Morgan fingerprint density at radius 1 is 1.11 bits per heavy atom. The molecule has 1 heterocycles. The molecule has 1 fully saturated rings. The zero-order valence-corrected chi connectivity index (χ0v) is 11.4. The van der Waals surface area contributed by atoms with Gasteiger partial charge in [-0.1, -0.05) is 0 Å². The molecule has 1 aromatic carbocycles. The molecular formula is C14H19N3S. The van der Waals surface area contributed by atoms with Crippen LogP contribution in [0.25, 0.3) is 0 Å². The van der Waals surface area contributed by atoms with E-state index in [0.717, 1.165) is 44.0 Å². The maximum absolute atomic E-state index is 8.78. The van der Waals surface area contributed by atoms with Crippen LogP contribution in [0, 0.1) is 11.3 Å². The molecule has 0 aliphatic carbocycles. The third-order valence-electron chi connectivity index (χ3n) is 3.37. The number of hydrogen-bond donors (Lipinski definition) is 1. The normalized spacial score (nSPS) is 16.6. The second-order valence-corrected chi connectivity index (χ2v) is 5.01. The Bertz CT molecular complexity index is 402. The van der Waals surface area contributed by atoms with Crippen molar-refractivity contribution in [1.29, 1.82) is 5.26 Å². The van der Waals surface area contributed by atoms with Crippen molar-refractivity contribution in [3.63, 3.8) is 0 Å². The number of hydrogen-bond acceptors (Lipinski definition) is 4. The van der Waals surface area contributed by atoms with Gasteiger partial charge in [0.2, 0.25) is 0 Å². The summed E-state index contributed by atoms with van der Waals surface area (Å²) < 4.78 is 0. The molecule has 1 aliphatic heterocycles. The summed E-state index contributed by atoms with van der Waals surface area (Å²) in [5, 5.41) is 8.78. The van der Waals surface area contributed by atoms with Crippen LogP contribution in [0.3, 0.4) is 0 Å². The highest BCUT2D eigenvalue weighted by Crippen LogP contribution is 2.17. The van der Waals surface area contributed by atoms with Crippen molar-refractivity contribution in [2.45, 2.75) is 6.42 Å². The van der Waals surface area contributed by atoms with Gasteiger partial charge in [0.25, 0.3) is 0 Å². The van der Waals surface area contributed by atoms with Crippen LogP contribution < -0.4 is 4.90 Å². The lowest BCUT2D eigenvalue weighted by atomic mass is 10.2. The number of anilines is 1. The summed E-state index contributed by atoms with van der Waals surface area (Å²) in [5.41, 5.74) is 1.95. The molecule has 0 aromatic heterocycles. The third-order valence-corrected chi connectivity index (χ3v) is 3.68. The molecule has 1 aromatic rings. The summed E-state index contributed by atoms with van der Waals surface area (Å²) in [5.74, 6) is 0.968. The zero-order chi connectivity index (χ0) is 12.8. The van der Waals surface area contributed by atoms with Crippen molar-refractivity contribution in [2.75, 3.05) is 43.4 Å². The van der Waals surface area contributed by atoms with E-state index in [-0.39, 0.29) is 0 Å². The Hall–Kier alpha value is -1.18. The van der Waals surface area contributed by atoms with Gasteiger partial charge in [-0.3, -0.25) is 4.90 Å². The van der Waals surface area contributed by atoms with Crippen LogP contribution in [0.5, 0.6) is 0 Å². The minimum atomic E-state index is 0.728. The number of nitriles is 1. The molecule has 96 valence electrons. The van der Waals surface area contributed by atoms with E-state index in [0.29, 0.717) is 0 Å². The summed E-state index contributed by atoms with van der Waals surface area (Å²) in [7, 11) is 0. The van der Waals surface area contributed by atoms with Gasteiger partial charge in [0.05, 0.1) is 11.6 Å². The maximum atomic E-state index is 8.78. The lowest BCUT2D eigenvalue weighted by Crippen LogP contribution is -2.46. The molecule has 0 radical (unpaired) electrons. The molecule has 0 saturated carbocycles. The third kappa shape index (κ3) is 3.41.